The van der Waals surface area contributed by atoms with Gasteiger partial charge in [-0.2, -0.15) is 0 Å². The average molecular weight is 790 g/mol. The van der Waals surface area contributed by atoms with E-state index in [-0.39, 0.29) is 0 Å². The Hall–Kier alpha value is -7.18. The van der Waals surface area contributed by atoms with Gasteiger partial charge in [-0.3, -0.25) is 0 Å². The van der Waals surface area contributed by atoms with Crippen molar-refractivity contribution in [2.45, 2.75) is 0 Å². The van der Waals surface area contributed by atoms with Crippen molar-refractivity contribution in [2.24, 2.45) is 0 Å². The molecule has 0 aliphatic heterocycles. The van der Waals surface area contributed by atoms with Gasteiger partial charge in [0.1, 0.15) is 22.3 Å². The maximum atomic E-state index is 6.68. The number of hydrogen-bond donors (Lipinski definition) is 0. The average Bonchev–Trinajstić information content (AvgIpc) is 4.07. The topological polar surface area (TPSA) is 29.5 Å². The number of thiophene rings is 2. The molecule has 13 rings (SSSR count). The SMILES string of the molecule is c1ccc(N(c2ccc(-c3cc4c5ccccc5sc4c4c3oc3ccccc34)cc2)c2ccc(-c3cc4oc5ccccc5c4c4sc5ccccc5c34)cc2)cc1. The first-order valence-electron chi connectivity index (χ1n) is 19.8. The Balaban J connectivity index is 0.948. The van der Waals surface area contributed by atoms with E-state index in [9.17, 15) is 0 Å². The van der Waals surface area contributed by atoms with Gasteiger partial charge >= 0.3 is 0 Å². The molecular formula is C54H31NO2S2. The second kappa shape index (κ2) is 12.7. The fraction of sp³-hybridized carbons (Fsp3) is 0. The van der Waals surface area contributed by atoms with Crippen LogP contribution in [0, 0.1) is 0 Å². The minimum atomic E-state index is 0.912. The highest BCUT2D eigenvalue weighted by molar-refractivity contribution is 7.27. The summed E-state index contributed by atoms with van der Waals surface area (Å²) in [6.07, 6.45) is 0. The minimum Gasteiger partial charge on any atom is -0.456 e. The first-order chi connectivity index (χ1) is 29.2. The molecule has 4 aromatic heterocycles. The third kappa shape index (κ3) is 4.93. The van der Waals surface area contributed by atoms with Gasteiger partial charge in [-0.15, -0.1) is 22.7 Å². The van der Waals surface area contributed by atoms with Crippen molar-refractivity contribution >= 4 is 124 Å². The molecule has 0 unspecified atom stereocenters. The fourth-order valence-corrected chi connectivity index (χ4v) is 11.7. The monoisotopic (exact) mass is 789 g/mol. The molecule has 0 aliphatic carbocycles. The van der Waals surface area contributed by atoms with E-state index in [1.54, 1.807) is 0 Å². The first-order valence-corrected chi connectivity index (χ1v) is 21.5. The van der Waals surface area contributed by atoms with Gasteiger partial charge in [0, 0.05) is 84.5 Å². The molecule has 0 saturated carbocycles. The van der Waals surface area contributed by atoms with Crippen LogP contribution in [0.4, 0.5) is 17.1 Å². The van der Waals surface area contributed by atoms with Gasteiger partial charge < -0.3 is 13.7 Å². The molecular weight excluding hydrogens is 759 g/mol. The molecule has 59 heavy (non-hydrogen) atoms. The van der Waals surface area contributed by atoms with E-state index in [4.69, 9.17) is 8.83 Å². The van der Waals surface area contributed by atoms with E-state index in [1.165, 1.54) is 56.7 Å². The molecule has 5 heteroatoms. The normalized spacial score (nSPS) is 12.1. The highest BCUT2D eigenvalue weighted by Gasteiger charge is 2.22. The van der Waals surface area contributed by atoms with Crippen LogP contribution in [0.1, 0.15) is 0 Å². The minimum absolute atomic E-state index is 0.912. The second-order valence-corrected chi connectivity index (χ2v) is 17.3. The lowest BCUT2D eigenvalue weighted by Crippen LogP contribution is -2.09. The lowest BCUT2D eigenvalue weighted by atomic mass is 9.96. The molecule has 0 aliphatic rings. The number of hydrogen-bond acceptors (Lipinski definition) is 5. The van der Waals surface area contributed by atoms with E-state index in [0.717, 1.165) is 66.9 Å². The van der Waals surface area contributed by atoms with Crippen molar-refractivity contribution in [3.8, 4) is 22.3 Å². The number of anilines is 3. The van der Waals surface area contributed by atoms with Gasteiger partial charge in [-0.1, -0.05) is 115 Å². The Morgan fingerprint density at radius 3 is 1.58 bits per heavy atom. The third-order valence-corrected chi connectivity index (χ3v) is 14.3. The van der Waals surface area contributed by atoms with Crippen molar-refractivity contribution in [3.63, 3.8) is 0 Å². The van der Waals surface area contributed by atoms with Crippen molar-refractivity contribution in [3.05, 3.63) is 188 Å². The van der Waals surface area contributed by atoms with Crippen molar-refractivity contribution in [1.29, 1.82) is 0 Å². The number of rotatable bonds is 5. The molecule has 0 spiro atoms. The smallest absolute Gasteiger partial charge is 0.144 e. The standard InChI is InChI=1S/C54H31NO2S2/c1-2-12-34(13-3-1)55(35-26-22-32(23-27-35)41-31-46-50(38-15-4-8-18-44(38)56-46)54-49(41)40-17-7-11-21-48(40)59-54)36-28-24-33(25-29-36)42-30-43-37-14-6-10-20-47(37)58-53(43)51-39-16-5-9-19-45(39)57-52(42)51/h1-31H. The molecule has 3 nitrogen and oxygen atoms in total. The van der Waals surface area contributed by atoms with Crippen molar-refractivity contribution in [2.75, 3.05) is 4.90 Å². The van der Waals surface area contributed by atoms with Crippen LogP contribution in [-0.4, -0.2) is 0 Å². The summed E-state index contributed by atoms with van der Waals surface area (Å²) in [5.74, 6) is 0. The molecule has 0 radical (unpaired) electrons. The molecule has 9 aromatic carbocycles. The van der Waals surface area contributed by atoms with E-state index >= 15 is 0 Å². The number of para-hydroxylation sites is 3. The van der Waals surface area contributed by atoms with Crippen LogP contribution in [0.15, 0.2) is 197 Å². The molecule has 4 heterocycles. The lowest BCUT2D eigenvalue weighted by molar-refractivity contribution is 0.669. The van der Waals surface area contributed by atoms with Crippen LogP contribution >= 0.6 is 22.7 Å². The van der Waals surface area contributed by atoms with Crippen LogP contribution < -0.4 is 4.90 Å². The summed E-state index contributed by atoms with van der Waals surface area (Å²) in [6, 6.07) is 67.4. The molecule has 0 fully saturated rings. The molecule has 0 atom stereocenters. The Kier molecular flexibility index (Phi) is 7.05. The summed E-state index contributed by atoms with van der Waals surface area (Å²) in [4.78, 5) is 2.33. The second-order valence-electron chi connectivity index (χ2n) is 15.2. The highest BCUT2D eigenvalue weighted by atomic mass is 32.1. The summed E-state index contributed by atoms with van der Waals surface area (Å²) in [6.45, 7) is 0. The van der Waals surface area contributed by atoms with Gasteiger partial charge in [0.15, 0.2) is 0 Å². The molecule has 13 aromatic rings. The van der Waals surface area contributed by atoms with Gasteiger partial charge in [0.25, 0.3) is 0 Å². The van der Waals surface area contributed by atoms with E-state index < -0.39 is 0 Å². The number of nitrogens with zero attached hydrogens (tertiary/aromatic N) is 1. The van der Waals surface area contributed by atoms with Gasteiger partial charge in [-0.25, -0.2) is 0 Å². The lowest BCUT2D eigenvalue weighted by Gasteiger charge is -2.26. The van der Waals surface area contributed by atoms with Crippen LogP contribution in [0.2, 0.25) is 0 Å². The zero-order valence-corrected chi connectivity index (χ0v) is 33.1. The quantitative estimate of drug-likeness (QED) is 0.174. The maximum absolute atomic E-state index is 6.68. The molecule has 0 N–H and O–H groups in total. The predicted molar refractivity (Wildman–Crippen MR) is 252 cm³/mol. The zero-order chi connectivity index (χ0) is 38.6. The molecule has 276 valence electrons. The van der Waals surface area contributed by atoms with Crippen molar-refractivity contribution in [1.82, 2.24) is 0 Å². The van der Waals surface area contributed by atoms with Gasteiger partial charge in [0.2, 0.25) is 0 Å². The highest BCUT2D eigenvalue weighted by Crippen LogP contribution is 2.49. The largest absolute Gasteiger partial charge is 0.456 e. The zero-order valence-electron chi connectivity index (χ0n) is 31.5. The van der Waals surface area contributed by atoms with Gasteiger partial charge in [-0.05, 0) is 89.5 Å². The Morgan fingerprint density at radius 1 is 0.339 bits per heavy atom. The fourth-order valence-electron chi connectivity index (χ4n) is 9.20. The van der Waals surface area contributed by atoms with Crippen LogP contribution in [-0.2, 0) is 0 Å². The molecule has 0 bridgehead atoms. The Morgan fingerprint density at radius 2 is 0.864 bits per heavy atom. The predicted octanol–water partition coefficient (Wildman–Crippen LogP) is 17.0. The third-order valence-electron chi connectivity index (χ3n) is 11.9. The summed E-state index contributed by atoms with van der Waals surface area (Å²) >= 11 is 3.70. The summed E-state index contributed by atoms with van der Waals surface area (Å²) < 4.78 is 18.3. The first kappa shape index (κ1) is 32.9. The van der Waals surface area contributed by atoms with Crippen LogP contribution in [0.3, 0.4) is 0 Å². The van der Waals surface area contributed by atoms with E-state index in [2.05, 4.69) is 187 Å². The maximum Gasteiger partial charge on any atom is 0.144 e. The van der Waals surface area contributed by atoms with Crippen LogP contribution in [0.5, 0.6) is 0 Å². The summed E-state index contributed by atoms with van der Waals surface area (Å²) in [7, 11) is 0. The van der Waals surface area contributed by atoms with E-state index in [0.29, 0.717) is 0 Å². The van der Waals surface area contributed by atoms with Gasteiger partial charge in [0.05, 0.1) is 0 Å². The number of furan rings is 2. The van der Waals surface area contributed by atoms with Crippen molar-refractivity contribution < 1.29 is 8.83 Å². The number of benzene rings is 9. The summed E-state index contributed by atoms with van der Waals surface area (Å²) in [5, 5.41) is 9.80. The Bertz CT molecular complexity index is 3780. The summed E-state index contributed by atoms with van der Waals surface area (Å²) in [5.41, 5.74) is 11.5. The number of fused-ring (bicyclic) bond motifs is 14. The Labute approximate surface area is 346 Å². The van der Waals surface area contributed by atoms with E-state index in [1.807, 2.05) is 28.7 Å². The molecule has 0 saturated heterocycles. The molecule has 0 amide bonds. The van der Waals surface area contributed by atoms with Crippen LogP contribution in [0.25, 0.3) is 106 Å².